The van der Waals surface area contributed by atoms with E-state index in [1.807, 2.05) is 6.08 Å². The SMILES string of the molecule is O=c1cc[nH]c2c1CCC=C2. The van der Waals surface area contributed by atoms with Gasteiger partial charge in [-0.2, -0.15) is 0 Å². The van der Waals surface area contributed by atoms with E-state index in [-0.39, 0.29) is 5.43 Å². The van der Waals surface area contributed by atoms with Gasteiger partial charge in [0.25, 0.3) is 0 Å². The predicted octanol–water partition coefficient (Wildman–Crippen LogP) is 1.33. The van der Waals surface area contributed by atoms with Crippen molar-refractivity contribution in [2.45, 2.75) is 12.8 Å². The van der Waals surface area contributed by atoms with Gasteiger partial charge in [0.1, 0.15) is 0 Å². The van der Waals surface area contributed by atoms with Gasteiger partial charge in [-0.05, 0) is 18.9 Å². The second kappa shape index (κ2) is 2.38. The summed E-state index contributed by atoms with van der Waals surface area (Å²) in [5.74, 6) is 0. The third kappa shape index (κ3) is 1.00. The van der Waals surface area contributed by atoms with Crippen LogP contribution in [0.2, 0.25) is 0 Å². The predicted molar refractivity (Wildman–Crippen MR) is 44.4 cm³/mol. The molecule has 56 valence electrons. The van der Waals surface area contributed by atoms with Crippen molar-refractivity contribution in [3.05, 3.63) is 39.8 Å². The molecule has 0 fully saturated rings. The lowest BCUT2D eigenvalue weighted by Crippen LogP contribution is -2.12. The third-order valence-corrected chi connectivity index (χ3v) is 1.94. The van der Waals surface area contributed by atoms with E-state index in [1.165, 1.54) is 0 Å². The maximum absolute atomic E-state index is 11.2. The van der Waals surface area contributed by atoms with E-state index in [0.717, 1.165) is 24.1 Å². The number of fused-ring (bicyclic) bond motifs is 1. The Hall–Kier alpha value is -1.31. The zero-order chi connectivity index (χ0) is 7.68. The normalized spacial score (nSPS) is 14.5. The van der Waals surface area contributed by atoms with Gasteiger partial charge in [-0.15, -0.1) is 0 Å². The number of H-pyrrole nitrogens is 1. The maximum Gasteiger partial charge on any atom is 0.185 e. The van der Waals surface area contributed by atoms with E-state index in [9.17, 15) is 4.79 Å². The molecule has 0 atom stereocenters. The summed E-state index contributed by atoms with van der Waals surface area (Å²) in [5, 5.41) is 0. The van der Waals surface area contributed by atoms with Crippen molar-refractivity contribution in [2.24, 2.45) is 0 Å². The fraction of sp³-hybridized carbons (Fsp3) is 0.222. The van der Waals surface area contributed by atoms with Gasteiger partial charge >= 0.3 is 0 Å². The van der Waals surface area contributed by atoms with Crippen LogP contribution in [0.5, 0.6) is 0 Å². The molecule has 0 unspecified atom stereocenters. The molecule has 0 aromatic carbocycles. The summed E-state index contributed by atoms with van der Waals surface area (Å²) in [6, 6.07) is 1.58. The molecule has 0 spiro atoms. The highest BCUT2D eigenvalue weighted by Gasteiger charge is 2.06. The first-order valence-corrected chi connectivity index (χ1v) is 3.75. The zero-order valence-corrected chi connectivity index (χ0v) is 6.13. The molecule has 1 heterocycles. The summed E-state index contributed by atoms with van der Waals surface area (Å²) < 4.78 is 0. The average Bonchev–Trinajstić information content (AvgIpc) is 2.06. The molecule has 1 N–H and O–H groups in total. The van der Waals surface area contributed by atoms with Crippen LogP contribution in [-0.2, 0) is 6.42 Å². The highest BCUT2D eigenvalue weighted by molar-refractivity contribution is 5.51. The van der Waals surface area contributed by atoms with Crippen LogP contribution in [0.25, 0.3) is 6.08 Å². The molecule has 0 bridgehead atoms. The molecular weight excluding hydrogens is 138 g/mol. The van der Waals surface area contributed by atoms with Crippen molar-refractivity contribution in [1.29, 1.82) is 0 Å². The van der Waals surface area contributed by atoms with Gasteiger partial charge in [0, 0.05) is 23.5 Å². The van der Waals surface area contributed by atoms with Crippen LogP contribution in [0.15, 0.2) is 23.1 Å². The Morgan fingerprint density at radius 1 is 1.45 bits per heavy atom. The quantitative estimate of drug-likeness (QED) is 0.590. The van der Waals surface area contributed by atoms with E-state index < -0.39 is 0 Å². The Bertz CT molecular complexity index is 349. The van der Waals surface area contributed by atoms with Crippen LogP contribution in [0.4, 0.5) is 0 Å². The van der Waals surface area contributed by atoms with Crippen LogP contribution < -0.4 is 5.43 Å². The van der Waals surface area contributed by atoms with Gasteiger partial charge in [-0.25, -0.2) is 0 Å². The van der Waals surface area contributed by atoms with Gasteiger partial charge in [-0.1, -0.05) is 6.08 Å². The highest BCUT2D eigenvalue weighted by Crippen LogP contribution is 2.11. The van der Waals surface area contributed by atoms with Crippen molar-refractivity contribution in [3.63, 3.8) is 0 Å². The van der Waals surface area contributed by atoms with Gasteiger partial charge in [0.15, 0.2) is 5.43 Å². The Labute approximate surface area is 64.6 Å². The number of rotatable bonds is 0. The number of aromatic nitrogens is 1. The highest BCUT2D eigenvalue weighted by atomic mass is 16.1. The summed E-state index contributed by atoms with van der Waals surface area (Å²) in [7, 11) is 0. The van der Waals surface area contributed by atoms with E-state index in [4.69, 9.17) is 0 Å². The van der Waals surface area contributed by atoms with Crippen LogP contribution in [-0.4, -0.2) is 4.98 Å². The van der Waals surface area contributed by atoms with Gasteiger partial charge < -0.3 is 4.98 Å². The largest absolute Gasteiger partial charge is 0.361 e. The number of hydrogen-bond acceptors (Lipinski definition) is 1. The standard InChI is InChI=1S/C9H9NO/c11-9-5-6-10-8-4-2-1-3-7(8)9/h2,4-6H,1,3H2,(H,10,11). The maximum atomic E-state index is 11.2. The molecule has 0 aliphatic heterocycles. The zero-order valence-electron chi connectivity index (χ0n) is 6.13. The minimum atomic E-state index is 0.156. The van der Waals surface area contributed by atoms with E-state index >= 15 is 0 Å². The molecule has 1 aliphatic rings. The summed E-state index contributed by atoms with van der Waals surface area (Å²) in [6.07, 6.45) is 7.61. The summed E-state index contributed by atoms with van der Waals surface area (Å²) in [6.45, 7) is 0. The topological polar surface area (TPSA) is 32.9 Å². The molecule has 0 saturated carbocycles. The third-order valence-electron chi connectivity index (χ3n) is 1.94. The van der Waals surface area contributed by atoms with Crippen LogP contribution in [0, 0.1) is 0 Å². The smallest absolute Gasteiger partial charge is 0.185 e. The Morgan fingerprint density at radius 3 is 3.18 bits per heavy atom. The molecule has 1 aromatic rings. The first-order valence-electron chi connectivity index (χ1n) is 3.75. The number of hydrogen-bond donors (Lipinski definition) is 1. The molecular formula is C9H9NO. The summed E-state index contributed by atoms with van der Waals surface area (Å²) in [4.78, 5) is 14.3. The Kier molecular flexibility index (Phi) is 1.39. The van der Waals surface area contributed by atoms with Crippen LogP contribution in [0.1, 0.15) is 17.7 Å². The van der Waals surface area contributed by atoms with Crippen molar-refractivity contribution >= 4 is 6.08 Å². The first kappa shape index (κ1) is 6.40. The molecule has 0 amide bonds. The van der Waals surface area contributed by atoms with Gasteiger partial charge in [0.2, 0.25) is 0 Å². The van der Waals surface area contributed by atoms with Crippen molar-refractivity contribution in [2.75, 3.05) is 0 Å². The minimum Gasteiger partial charge on any atom is -0.361 e. The average molecular weight is 147 g/mol. The van der Waals surface area contributed by atoms with Gasteiger partial charge in [-0.3, -0.25) is 4.79 Å². The van der Waals surface area contributed by atoms with Gasteiger partial charge in [0.05, 0.1) is 0 Å². The molecule has 1 aliphatic carbocycles. The molecule has 2 heteroatoms. The van der Waals surface area contributed by atoms with E-state index in [1.54, 1.807) is 12.3 Å². The lowest BCUT2D eigenvalue weighted by Gasteiger charge is -2.07. The molecule has 11 heavy (non-hydrogen) atoms. The van der Waals surface area contributed by atoms with E-state index in [2.05, 4.69) is 11.1 Å². The molecule has 0 saturated heterocycles. The van der Waals surface area contributed by atoms with Crippen LogP contribution in [0.3, 0.4) is 0 Å². The van der Waals surface area contributed by atoms with Crippen LogP contribution >= 0.6 is 0 Å². The molecule has 1 aromatic heterocycles. The minimum absolute atomic E-state index is 0.156. The second-order valence-electron chi connectivity index (χ2n) is 2.68. The van der Waals surface area contributed by atoms with Crippen molar-refractivity contribution in [3.8, 4) is 0 Å². The molecule has 0 radical (unpaired) electrons. The second-order valence-corrected chi connectivity index (χ2v) is 2.68. The number of aromatic amines is 1. The van der Waals surface area contributed by atoms with E-state index in [0.29, 0.717) is 0 Å². The molecule has 2 nitrogen and oxygen atoms in total. The fourth-order valence-electron chi connectivity index (χ4n) is 1.36. The fourth-order valence-corrected chi connectivity index (χ4v) is 1.36. The van der Waals surface area contributed by atoms with Crippen molar-refractivity contribution < 1.29 is 0 Å². The Morgan fingerprint density at radius 2 is 2.36 bits per heavy atom. The number of pyridine rings is 1. The lowest BCUT2D eigenvalue weighted by atomic mass is 10.0. The van der Waals surface area contributed by atoms with Crippen molar-refractivity contribution in [1.82, 2.24) is 4.98 Å². The first-order chi connectivity index (χ1) is 5.38. The Balaban J connectivity index is 2.69. The number of allylic oxidation sites excluding steroid dienone is 1. The summed E-state index contributed by atoms with van der Waals surface area (Å²) >= 11 is 0. The monoisotopic (exact) mass is 147 g/mol. The summed E-state index contributed by atoms with van der Waals surface area (Å²) in [5.41, 5.74) is 2.06. The molecule has 2 rings (SSSR count). The lowest BCUT2D eigenvalue weighted by molar-refractivity contribution is 0.951. The number of nitrogens with one attached hydrogen (secondary N) is 1.